The van der Waals surface area contributed by atoms with Crippen molar-refractivity contribution in [2.45, 2.75) is 31.6 Å². The Kier molecular flexibility index (Phi) is 8.46. The Morgan fingerprint density at radius 3 is 2.18 bits per heavy atom. The number of carbonyl (C=O) groups is 2. The number of nitrogens with one attached hydrogen (secondary N) is 1. The van der Waals surface area contributed by atoms with Gasteiger partial charge in [0, 0.05) is 43.9 Å². The summed E-state index contributed by atoms with van der Waals surface area (Å²) in [5, 5.41) is 12.2. The number of sulfonamides is 1. The first-order valence-electron chi connectivity index (χ1n) is 11.4. The van der Waals surface area contributed by atoms with Gasteiger partial charge in [0.15, 0.2) is 0 Å². The van der Waals surface area contributed by atoms with Gasteiger partial charge < -0.3 is 15.3 Å². The Morgan fingerprint density at radius 1 is 1.03 bits per heavy atom. The summed E-state index contributed by atoms with van der Waals surface area (Å²) in [6.07, 6.45) is 4.29. The molecule has 0 saturated carbocycles. The second-order valence-electron chi connectivity index (χ2n) is 8.13. The van der Waals surface area contributed by atoms with E-state index >= 15 is 0 Å². The van der Waals surface area contributed by atoms with Crippen LogP contribution in [0.1, 0.15) is 32.3 Å². The third-order valence-electron chi connectivity index (χ3n) is 5.95. The van der Waals surface area contributed by atoms with E-state index in [1.54, 1.807) is 61.2 Å². The average Bonchev–Trinajstić information content (AvgIpc) is 2.85. The van der Waals surface area contributed by atoms with Gasteiger partial charge in [0.05, 0.1) is 4.90 Å². The molecule has 2 N–H and O–H groups in total. The Morgan fingerprint density at radius 2 is 1.62 bits per heavy atom. The molecule has 0 radical (unpaired) electrons. The second kappa shape index (κ2) is 11.3. The number of likely N-dealkylation sites (tertiary alicyclic amines) is 1. The van der Waals surface area contributed by atoms with Crippen molar-refractivity contribution in [3.8, 4) is 5.75 Å². The number of hydrogen-bond donors (Lipinski definition) is 2. The van der Waals surface area contributed by atoms with Crippen LogP contribution in [-0.4, -0.2) is 60.7 Å². The molecule has 0 bridgehead atoms. The number of phenolic OH excluding ortho intramolecular Hbond substituents is 1. The van der Waals surface area contributed by atoms with Crippen molar-refractivity contribution in [3.63, 3.8) is 0 Å². The van der Waals surface area contributed by atoms with Crippen LogP contribution >= 0.6 is 0 Å². The van der Waals surface area contributed by atoms with Gasteiger partial charge in [-0.05, 0) is 60.9 Å². The second-order valence-corrected chi connectivity index (χ2v) is 10.1. The normalized spacial score (nSPS) is 15.1. The highest BCUT2D eigenvalue weighted by Gasteiger charge is 2.26. The van der Waals surface area contributed by atoms with Crippen molar-refractivity contribution >= 4 is 33.6 Å². The molecule has 1 fully saturated rings. The molecule has 2 aromatic carbocycles. The van der Waals surface area contributed by atoms with E-state index in [1.807, 2.05) is 0 Å². The van der Waals surface area contributed by atoms with Crippen molar-refractivity contribution in [1.29, 1.82) is 0 Å². The van der Waals surface area contributed by atoms with E-state index in [0.29, 0.717) is 44.7 Å². The van der Waals surface area contributed by atoms with Gasteiger partial charge in [-0.25, -0.2) is 8.42 Å². The summed E-state index contributed by atoms with van der Waals surface area (Å²) in [5.41, 5.74) is 1.36. The number of carbonyl (C=O) groups excluding carboxylic acids is 2. The van der Waals surface area contributed by atoms with Gasteiger partial charge in [0.1, 0.15) is 5.75 Å². The predicted molar refractivity (Wildman–Crippen MR) is 132 cm³/mol. The molecule has 1 aliphatic rings. The lowest BCUT2D eigenvalue weighted by atomic mass is 9.95. The third kappa shape index (κ3) is 6.24. The van der Waals surface area contributed by atoms with Gasteiger partial charge in [-0.1, -0.05) is 26.0 Å². The van der Waals surface area contributed by atoms with E-state index in [9.17, 15) is 23.1 Å². The fourth-order valence-corrected chi connectivity index (χ4v) is 5.35. The molecule has 9 heteroatoms. The molecule has 1 saturated heterocycles. The first-order chi connectivity index (χ1) is 16.2. The van der Waals surface area contributed by atoms with Crippen LogP contribution < -0.4 is 5.32 Å². The number of rotatable bonds is 8. The summed E-state index contributed by atoms with van der Waals surface area (Å²) in [6, 6.07) is 12.8. The Bertz CT molecular complexity index is 1120. The first kappa shape index (κ1) is 25.5. The highest BCUT2D eigenvalue weighted by Crippen LogP contribution is 2.21. The molecule has 0 aromatic heterocycles. The summed E-state index contributed by atoms with van der Waals surface area (Å²) in [7, 11) is -3.51. The van der Waals surface area contributed by atoms with Crippen molar-refractivity contribution in [2.24, 2.45) is 5.92 Å². The van der Waals surface area contributed by atoms with Gasteiger partial charge in [-0.3, -0.25) is 9.59 Å². The molecule has 0 atom stereocenters. The molecule has 182 valence electrons. The molecule has 0 spiro atoms. The Balaban J connectivity index is 1.52. The van der Waals surface area contributed by atoms with Gasteiger partial charge in [0.25, 0.3) is 0 Å². The fraction of sp³-hybridized carbons (Fsp3) is 0.360. The van der Waals surface area contributed by atoms with E-state index in [4.69, 9.17) is 0 Å². The standard InChI is InChI=1S/C25H31N3O5S/c1-3-28(4-2)34(32,33)23-12-5-19(6-13-23)7-14-24(30)27-17-15-20(16-18-27)25(31)26-21-8-10-22(29)11-9-21/h5-14,20,29H,3-4,15-18H2,1-2H3,(H,26,31)/b14-7+. The number of amides is 2. The van der Waals surface area contributed by atoms with Crippen LogP contribution in [0.3, 0.4) is 0 Å². The lowest BCUT2D eigenvalue weighted by molar-refractivity contribution is -0.130. The number of nitrogens with zero attached hydrogens (tertiary/aromatic N) is 2. The van der Waals surface area contributed by atoms with Crippen LogP contribution in [0.15, 0.2) is 59.5 Å². The number of anilines is 1. The maximum Gasteiger partial charge on any atom is 0.246 e. The van der Waals surface area contributed by atoms with Crippen LogP contribution in [0.2, 0.25) is 0 Å². The highest BCUT2D eigenvalue weighted by atomic mass is 32.2. The van der Waals surface area contributed by atoms with Gasteiger partial charge in [-0.2, -0.15) is 4.31 Å². The molecule has 34 heavy (non-hydrogen) atoms. The molecule has 0 aliphatic carbocycles. The van der Waals surface area contributed by atoms with Crippen molar-refractivity contribution in [2.75, 3.05) is 31.5 Å². The number of phenols is 1. The zero-order valence-corrected chi connectivity index (χ0v) is 20.3. The van der Waals surface area contributed by atoms with E-state index in [0.717, 1.165) is 5.56 Å². The fourth-order valence-electron chi connectivity index (χ4n) is 3.89. The van der Waals surface area contributed by atoms with Crippen LogP contribution in [0.5, 0.6) is 5.75 Å². The molecule has 3 rings (SSSR count). The minimum atomic E-state index is -3.51. The molecular formula is C25H31N3O5S. The maximum atomic E-state index is 12.6. The minimum absolute atomic E-state index is 0.0897. The zero-order valence-electron chi connectivity index (χ0n) is 19.5. The zero-order chi connectivity index (χ0) is 24.7. The average molecular weight is 486 g/mol. The number of piperidine rings is 1. The van der Waals surface area contributed by atoms with E-state index < -0.39 is 10.0 Å². The molecule has 1 aliphatic heterocycles. The number of aromatic hydroxyl groups is 1. The summed E-state index contributed by atoms with van der Waals surface area (Å²) in [6.45, 7) is 5.38. The molecule has 1 heterocycles. The van der Waals surface area contributed by atoms with Gasteiger partial charge >= 0.3 is 0 Å². The largest absolute Gasteiger partial charge is 0.508 e. The van der Waals surface area contributed by atoms with Crippen LogP contribution in [0.25, 0.3) is 6.08 Å². The quantitative estimate of drug-likeness (QED) is 0.441. The lowest BCUT2D eigenvalue weighted by Crippen LogP contribution is -2.40. The molecular weight excluding hydrogens is 454 g/mol. The lowest BCUT2D eigenvalue weighted by Gasteiger charge is -2.30. The summed E-state index contributed by atoms with van der Waals surface area (Å²) in [5.74, 6) is -0.272. The highest BCUT2D eigenvalue weighted by molar-refractivity contribution is 7.89. The number of hydrogen-bond acceptors (Lipinski definition) is 5. The predicted octanol–water partition coefficient (Wildman–Crippen LogP) is 3.31. The Hall–Kier alpha value is -3.17. The first-order valence-corrected chi connectivity index (χ1v) is 12.9. The van der Waals surface area contributed by atoms with E-state index in [2.05, 4.69) is 5.32 Å². The van der Waals surface area contributed by atoms with Crippen LogP contribution in [0.4, 0.5) is 5.69 Å². The van der Waals surface area contributed by atoms with Crippen LogP contribution in [0, 0.1) is 5.92 Å². The summed E-state index contributed by atoms with van der Waals surface area (Å²) >= 11 is 0. The Labute approximate surface area is 200 Å². The molecule has 2 aromatic rings. The molecule has 8 nitrogen and oxygen atoms in total. The van der Waals surface area contributed by atoms with Crippen molar-refractivity contribution in [1.82, 2.24) is 9.21 Å². The minimum Gasteiger partial charge on any atom is -0.508 e. The summed E-state index contributed by atoms with van der Waals surface area (Å²) in [4.78, 5) is 27.0. The smallest absolute Gasteiger partial charge is 0.246 e. The van der Waals surface area contributed by atoms with Gasteiger partial charge in [-0.15, -0.1) is 0 Å². The summed E-state index contributed by atoms with van der Waals surface area (Å²) < 4.78 is 26.6. The molecule has 0 unspecified atom stereocenters. The van der Waals surface area contributed by atoms with Crippen LogP contribution in [-0.2, 0) is 19.6 Å². The topological polar surface area (TPSA) is 107 Å². The SMILES string of the molecule is CCN(CC)S(=O)(=O)c1ccc(/C=C/C(=O)N2CCC(C(=O)Nc3ccc(O)cc3)CC2)cc1. The van der Waals surface area contributed by atoms with E-state index in [1.165, 1.54) is 22.5 Å². The van der Waals surface area contributed by atoms with Crippen molar-refractivity contribution in [3.05, 3.63) is 60.2 Å². The molecule has 2 amide bonds. The monoisotopic (exact) mass is 485 g/mol. The third-order valence-corrected chi connectivity index (χ3v) is 8.02. The van der Waals surface area contributed by atoms with E-state index in [-0.39, 0.29) is 28.4 Å². The number of benzene rings is 2. The van der Waals surface area contributed by atoms with Crippen molar-refractivity contribution < 1.29 is 23.1 Å². The maximum absolute atomic E-state index is 12.6. The van der Waals surface area contributed by atoms with Gasteiger partial charge in [0.2, 0.25) is 21.8 Å².